The summed E-state index contributed by atoms with van der Waals surface area (Å²) >= 11 is 0. The number of ether oxygens (including phenoxy) is 1. The smallest absolute Gasteiger partial charge is 0.272 e. The first-order chi connectivity index (χ1) is 20.9. The second kappa shape index (κ2) is 12.6. The number of amides is 2. The SMILES string of the molecule is CCCOCc1ncc(-c2ccn3nc(NC(=O)[C@H]4C[C@@H](N5CCN(C(=O)c6cccc(C)n6)C[C@@H]5C)C4)cc3c2)cn1. The third-order valence-electron chi connectivity index (χ3n) is 8.36. The van der Waals surface area contributed by atoms with Gasteiger partial charge in [0.1, 0.15) is 12.3 Å². The quantitative estimate of drug-likeness (QED) is 0.295. The molecule has 1 N–H and O–H groups in total. The lowest BCUT2D eigenvalue weighted by Gasteiger charge is -2.49. The van der Waals surface area contributed by atoms with Crippen molar-refractivity contribution in [2.24, 2.45) is 5.92 Å². The van der Waals surface area contributed by atoms with Gasteiger partial charge in [-0.15, -0.1) is 0 Å². The molecule has 224 valence electrons. The Morgan fingerprint density at radius 1 is 1.07 bits per heavy atom. The lowest BCUT2D eigenvalue weighted by Crippen LogP contribution is -2.60. The fraction of sp³-hybridized carbons (Fsp3) is 0.438. The number of piperazine rings is 1. The molecule has 2 amide bonds. The highest BCUT2D eigenvalue weighted by molar-refractivity contribution is 5.93. The van der Waals surface area contributed by atoms with E-state index in [4.69, 9.17) is 4.74 Å². The number of pyridine rings is 2. The Morgan fingerprint density at radius 2 is 1.88 bits per heavy atom. The van der Waals surface area contributed by atoms with Crippen molar-refractivity contribution in [3.8, 4) is 11.1 Å². The summed E-state index contributed by atoms with van der Waals surface area (Å²) in [7, 11) is 0. The van der Waals surface area contributed by atoms with Gasteiger partial charge < -0.3 is 15.0 Å². The van der Waals surface area contributed by atoms with Crippen LogP contribution in [0.4, 0.5) is 5.82 Å². The molecule has 2 aliphatic rings. The molecule has 1 aliphatic heterocycles. The van der Waals surface area contributed by atoms with E-state index in [0.29, 0.717) is 49.7 Å². The Balaban J connectivity index is 1.00. The number of rotatable bonds is 9. The van der Waals surface area contributed by atoms with Gasteiger partial charge >= 0.3 is 0 Å². The maximum atomic E-state index is 13.1. The number of aryl methyl sites for hydroxylation is 1. The Morgan fingerprint density at radius 3 is 2.63 bits per heavy atom. The molecule has 11 nitrogen and oxygen atoms in total. The molecular formula is C32H38N8O3. The lowest BCUT2D eigenvalue weighted by molar-refractivity contribution is -0.125. The van der Waals surface area contributed by atoms with Crippen molar-refractivity contribution in [3.63, 3.8) is 0 Å². The molecule has 0 bridgehead atoms. The number of nitrogens with one attached hydrogen (secondary N) is 1. The molecule has 4 aromatic heterocycles. The number of hydrogen-bond acceptors (Lipinski definition) is 8. The maximum absolute atomic E-state index is 13.1. The van der Waals surface area contributed by atoms with Gasteiger partial charge in [-0.2, -0.15) is 5.10 Å². The van der Waals surface area contributed by atoms with Crippen LogP contribution in [-0.2, 0) is 16.1 Å². The van der Waals surface area contributed by atoms with Crippen LogP contribution in [0, 0.1) is 12.8 Å². The Kier molecular flexibility index (Phi) is 8.44. The van der Waals surface area contributed by atoms with E-state index in [0.717, 1.165) is 48.1 Å². The minimum Gasteiger partial charge on any atom is -0.373 e. The summed E-state index contributed by atoms with van der Waals surface area (Å²) < 4.78 is 7.27. The van der Waals surface area contributed by atoms with Gasteiger partial charge in [0.05, 0.1) is 5.52 Å². The molecule has 1 atom stereocenters. The van der Waals surface area contributed by atoms with Crippen LogP contribution in [0.5, 0.6) is 0 Å². The van der Waals surface area contributed by atoms with Gasteiger partial charge in [-0.1, -0.05) is 13.0 Å². The third kappa shape index (κ3) is 6.42. The number of carbonyl (C=O) groups excluding carboxylic acids is 2. The van der Waals surface area contributed by atoms with Crippen LogP contribution < -0.4 is 5.32 Å². The molecule has 43 heavy (non-hydrogen) atoms. The van der Waals surface area contributed by atoms with E-state index in [9.17, 15) is 9.59 Å². The van der Waals surface area contributed by atoms with Crippen LogP contribution >= 0.6 is 0 Å². The summed E-state index contributed by atoms with van der Waals surface area (Å²) in [6.45, 7) is 9.34. The maximum Gasteiger partial charge on any atom is 0.272 e. The second-order valence-electron chi connectivity index (χ2n) is 11.6. The molecule has 0 aromatic carbocycles. The van der Waals surface area contributed by atoms with Crippen molar-refractivity contribution in [2.75, 3.05) is 31.6 Å². The van der Waals surface area contributed by atoms with E-state index in [1.54, 1.807) is 23.0 Å². The van der Waals surface area contributed by atoms with E-state index >= 15 is 0 Å². The fourth-order valence-corrected chi connectivity index (χ4v) is 5.94. The van der Waals surface area contributed by atoms with Gasteiger partial charge in [-0.3, -0.25) is 14.5 Å². The zero-order chi connectivity index (χ0) is 29.9. The van der Waals surface area contributed by atoms with Crippen molar-refractivity contribution in [2.45, 2.75) is 58.7 Å². The average Bonchev–Trinajstić information content (AvgIpc) is 3.38. The summed E-state index contributed by atoms with van der Waals surface area (Å²) in [6.07, 6.45) is 8.05. The molecule has 11 heteroatoms. The molecule has 1 aliphatic carbocycles. The van der Waals surface area contributed by atoms with E-state index in [-0.39, 0.29) is 23.8 Å². The van der Waals surface area contributed by atoms with E-state index < -0.39 is 0 Å². The van der Waals surface area contributed by atoms with E-state index in [2.05, 4.69) is 44.1 Å². The van der Waals surface area contributed by atoms with Gasteiger partial charge in [0.25, 0.3) is 5.91 Å². The average molecular weight is 583 g/mol. The predicted octanol–water partition coefficient (Wildman–Crippen LogP) is 3.98. The van der Waals surface area contributed by atoms with Crippen LogP contribution in [0.3, 0.4) is 0 Å². The highest BCUT2D eigenvalue weighted by atomic mass is 16.5. The molecule has 5 heterocycles. The number of carbonyl (C=O) groups is 2. The largest absolute Gasteiger partial charge is 0.373 e. The van der Waals surface area contributed by atoms with Crippen molar-refractivity contribution in [1.82, 2.24) is 34.4 Å². The first-order valence-electron chi connectivity index (χ1n) is 15.1. The zero-order valence-corrected chi connectivity index (χ0v) is 24.9. The summed E-state index contributed by atoms with van der Waals surface area (Å²) in [5.41, 5.74) is 4.09. The lowest BCUT2D eigenvalue weighted by atomic mass is 9.78. The van der Waals surface area contributed by atoms with Crippen LogP contribution in [-0.4, -0.2) is 84.5 Å². The third-order valence-corrected chi connectivity index (χ3v) is 8.36. The van der Waals surface area contributed by atoms with Crippen LogP contribution in [0.15, 0.2) is 55.0 Å². The van der Waals surface area contributed by atoms with Gasteiger partial charge in [-0.25, -0.2) is 19.5 Å². The number of fused-ring (bicyclic) bond motifs is 1. The highest BCUT2D eigenvalue weighted by Gasteiger charge is 2.41. The van der Waals surface area contributed by atoms with E-state index in [1.807, 2.05) is 48.4 Å². The number of hydrogen-bond donors (Lipinski definition) is 1. The van der Waals surface area contributed by atoms with Crippen LogP contribution in [0.2, 0.25) is 0 Å². The van der Waals surface area contributed by atoms with Crippen molar-refractivity contribution >= 4 is 23.1 Å². The first kappa shape index (κ1) is 28.9. The van der Waals surface area contributed by atoms with E-state index in [1.165, 1.54) is 0 Å². The minimum absolute atomic E-state index is 0.00106. The summed E-state index contributed by atoms with van der Waals surface area (Å²) in [5, 5.41) is 7.56. The first-order valence-corrected chi connectivity index (χ1v) is 15.1. The molecule has 0 radical (unpaired) electrons. The number of nitrogens with zero attached hydrogens (tertiary/aromatic N) is 7. The molecule has 1 saturated carbocycles. The molecule has 4 aromatic rings. The Hall–Kier alpha value is -4.22. The topological polar surface area (TPSA) is 118 Å². The molecular weight excluding hydrogens is 544 g/mol. The minimum atomic E-state index is -0.0503. The van der Waals surface area contributed by atoms with Crippen LogP contribution in [0.1, 0.15) is 55.1 Å². The normalized spacial score (nSPS) is 20.6. The molecule has 2 fully saturated rings. The monoisotopic (exact) mass is 582 g/mol. The van der Waals surface area contributed by atoms with Crippen molar-refractivity contribution in [1.29, 1.82) is 0 Å². The van der Waals surface area contributed by atoms with Crippen molar-refractivity contribution < 1.29 is 14.3 Å². The fourth-order valence-electron chi connectivity index (χ4n) is 5.94. The van der Waals surface area contributed by atoms with Gasteiger partial charge in [0, 0.05) is 80.2 Å². The summed E-state index contributed by atoms with van der Waals surface area (Å²) in [5.74, 6) is 1.13. The Bertz CT molecular complexity index is 1600. The Labute approximate surface area is 251 Å². The van der Waals surface area contributed by atoms with Gasteiger partial charge in [0.2, 0.25) is 5.91 Å². The predicted molar refractivity (Wildman–Crippen MR) is 162 cm³/mol. The summed E-state index contributed by atoms with van der Waals surface area (Å²) in [6, 6.07) is 12.0. The van der Waals surface area contributed by atoms with Gasteiger partial charge in [0.15, 0.2) is 11.6 Å². The zero-order valence-electron chi connectivity index (χ0n) is 24.9. The highest BCUT2D eigenvalue weighted by Crippen LogP contribution is 2.35. The van der Waals surface area contributed by atoms with Crippen molar-refractivity contribution in [3.05, 3.63) is 72.2 Å². The second-order valence-corrected chi connectivity index (χ2v) is 11.6. The molecule has 0 spiro atoms. The number of aromatic nitrogens is 5. The molecule has 6 rings (SSSR count). The summed E-state index contributed by atoms with van der Waals surface area (Å²) in [4.78, 5) is 43.6. The van der Waals surface area contributed by atoms with Crippen LogP contribution in [0.25, 0.3) is 16.6 Å². The number of anilines is 1. The molecule has 0 unspecified atom stereocenters. The van der Waals surface area contributed by atoms with Gasteiger partial charge in [-0.05, 0) is 62.9 Å². The molecule has 1 saturated heterocycles. The standard InChI is InChI=1S/C32H38N8O3/c1-4-12-43-20-30-33-17-25(18-34-30)23-8-9-40-27(13-23)16-29(37-40)36-31(41)24-14-26(15-24)39-11-10-38(19-22(39)3)32(42)28-7-5-6-21(2)35-28/h5-9,13,16-18,22,24,26H,4,10-12,14-15,19-20H2,1-3H3,(H,36,37,41)/t22-,24-,26+/m0/s1.